The smallest absolute Gasteiger partial charge is 0.336 e. The molecule has 13 nitrogen and oxygen atoms in total. The first-order chi connectivity index (χ1) is 22.7. The van der Waals surface area contributed by atoms with E-state index in [0.717, 1.165) is 12.1 Å². The Balaban J connectivity index is 2.20. The molecule has 0 aliphatic rings. The van der Waals surface area contributed by atoms with E-state index in [-0.39, 0.29) is 46.5 Å². The number of carboxylic acid groups (broad SMARTS) is 2. The third kappa shape index (κ3) is 11.7. The van der Waals surface area contributed by atoms with Gasteiger partial charge >= 0.3 is 29.1 Å². The highest BCUT2D eigenvalue weighted by Crippen LogP contribution is 2.21. The standard InChI is InChI=1S/C33H48N2O11Si2/c1-7-43-47(5,44-8-2)19-11-17-34-30(37)25-15-13-24(22-28(25)33(41)42)29(36)23-14-16-26(32(39)40)27(21-23)31(38)35-18-12-20-48(6,45-9-3)46-10-4/h13-16,21-22H,7-12,17-20H2,1-6H3,(H,34,37)(H,35,38)(H,39,40)(H,41,42). The maximum Gasteiger partial charge on any atom is 0.336 e. The van der Waals surface area contributed by atoms with E-state index in [1.807, 2.05) is 40.8 Å². The molecule has 0 bridgehead atoms. The molecule has 2 rings (SSSR count). The summed E-state index contributed by atoms with van der Waals surface area (Å²) < 4.78 is 23.2. The Kier molecular flexibility index (Phi) is 16.3. The number of benzene rings is 2. The van der Waals surface area contributed by atoms with Gasteiger partial charge in [-0.05, 0) is 90.0 Å². The van der Waals surface area contributed by atoms with Crippen molar-refractivity contribution in [2.24, 2.45) is 0 Å². The fourth-order valence-corrected chi connectivity index (χ4v) is 10.1. The van der Waals surface area contributed by atoms with Crippen LogP contribution in [-0.4, -0.2) is 96.4 Å². The van der Waals surface area contributed by atoms with E-state index in [4.69, 9.17) is 17.7 Å². The number of hydrogen-bond acceptors (Lipinski definition) is 9. The molecule has 0 spiro atoms. The Morgan fingerprint density at radius 1 is 0.583 bits per heavy atom. The van der Waals surface area contributed by atoms with Crippen molar-refractivity contribution in [3.8, 4) is 0 Å². The van der Waals surface area contributed by atoms with Gasteiger partial charge in [-0.3, -0.25) is 14.4 Å². The molecule has 0 radical (unpaired) electrons. The summed E-state index contributed by atoms with van der Waals surface area (Å²) in [5.41, 5.74) is -1.09. The van der Waals surface area contributed by atoms with Crippen LogP contribution in [0.4, 0.5) is 0 Å². The van der Waals surface area contributed by atoms with E-state index in [1.165, 1.54) is 24.3 Å². The van der Waals surface area contributed by atoms with Crippen molar-refractivity contribution in [2.45, 2.75) is 65.7 Å². The lowest BCUT2D eigenvalue weighted by Crippen LogP contribution is -2.39. The van der Waals surface area contributed by atoms with E-state index in [0.29, 0.717) is 51.4 Å². The van der Waals surface area contributed by atoms with Gasteiger partial charge in [0.1, 0.15) is 0 Å². The molecule has 2 aromatic carbocycles. The highest BCUT2D eigenvalue weighted by molar-refractivity contribution is 6.66. The summed E-state index contributed by atoms with van der Waals surface area (Å²) in [6, 6.07) is 8.50. The fourth-order valence-electron chi connectivity index (χ4n) is 5.29. The van der Waals surface area contributed by atoms with Crippen LogP contribution in [0, 0.1) is 0 Å². The van der Waals surface area contributed by atoms with Gasteiger partial charge in [0, 0.05) is 50.6 Å². The largest absolute Gasteiger partial charge is 0.478 e. The molecule has 264 valence electrons. The van der Waals surface area contributed by atoms with Gasteiger partial charge in [-0.25, -0.2) is 9.59 Å². The maximum absolute atomic E-state index is 13.4. The van der Waals surface area contributed by atoms with Crippen LogP contribution in [0.15, 0.2) is 36.4 Å². The van der Waals surface area contributed by atoms with Gasteiger partial charge in [-0.1, -0.05) is 12.1 Å². The molecule has 0 aliphatic carbocycles. The predicted octanol–water partition coefficient (Wildman–Crippen LogP) is 4.84. The van der Waals surface area contributed by atoms with Crippen molar-refractivity contribution < 1.29 is 51.9 Å². The number of carboxylic acids is 2. The van der Waals surface area contributed by atoms with E-state index in [9.17, 15) is 34.2 Å². The quantitative estimate of drug-likeness (QED) is 0.0746. The lowest BCUT2D eigenvalue weighted by atomic mass is 9.95. The summed E-state index contributed by atoms with van der Waals surface area (Å²) in [7, 11) is -4.77. The van der Waals surface area contributed by atoms with E-state index < -0.39 is 46.7 Å². The van der Waals surface area contributed by atoms with Crippen molar-refractivity contribution in [1.29, 1.82) is 0 Å². The Bertz CT molecular complexity index is 1440. The van der Waals surface area contributed by atoms with Crippen LogP contribution in [0.3, 0.4) is 0 Å². The number of carbonyl (C=O) groups is 5. The fraction of sp³-hybridized carbons (Fsp3) is 0.485. The van der Waals surface area contributed by atoms with Gasteiger partial charge in [0.05, 0.1) is 22.3 Å². The number of rotatable bonds is 22. The summed E-state index contributed by atoms with van der Waals surface area (Å²) in [6.07, 6.45) is 1.10. The zero-order chi connectivity index (χ0) is 35.9. The van der Waals surface area contributed by atoms with Gasteiger partial charge in [0.15, 0.2) is 5.78 Å². The van der Waals surface area contributed by atoms with Crippen molar-refractivity contribution in [3.05, 3.63) is 69.8 Å². The molecule has 0 unspecified atom stereocenters. The third-order valence-electron chi connectivity index (χ3n) is 7.50. The SMILES string of the molecule is CCO[Si](C)(CCCNC(=O)c1ccc(C(=O)c2ccc(C(=O)O)c(C(=O)NCCC[Si](C)(OCC)OCC)c2)cc1C(=O)O)OCC. The first-order valence-corrected chi connectivity index (χ1v) is 21.2. The summed E-state index contributed by atoms with van der Waals surface area (Å²) in [5.74, 6) is -4.70. The first kappa shape index (κ1) is 40.4. The summed E-state index contributed by atoms with van der Waals surface area (Å²) in [6.45, 7) is 14.0. The van der Waals surface area contributed by atoms with E-state index >= 15 is 0 Å². The molecule has 48 heavy (non-hydrogen) atoms. The summed E-state index contributed by atoms with van der Waals surface area (Å²) in [4.78, 5) is 63.5. The second-order valence-electron chi connectivity index (χ2n) is 11.2. The van der Waals surface area contributed by atoms with Gasteiger partial charge < -0.3 is 38.6 Å². The minimum absolute atomic E-state index is 0.0258. The monoisotopic (exact) mass is 704 g/mol. The Labute approximate surface area is 283 Å². The molecule has 0 aromatic heterocycles. The number of ketones is 1. The number of nitrogens with one attached hydrogen (secondary N) is 2. The average molecular weight is 705 g/mol. The van der Waals surface area contributed by atoms with E-state index in [2.05, 4.69) is 10.6 Å². The molecule has 0 aliphatic heterocycles. The number of hydrogen-bond donors (Lipinski definition) is 4. The van der Waals surface area contributed by atoms with Gasteiger partial charge in [-0.2, -0.15) is 0 Å². The number of amides is 2. The van der Waals surface area contributed by atoms with Crippen LogP contribution in [0.2, 0.25) is 25.2 Å². The number of carbonyl (C=O) groups excluding carboxylic acids is 3. The Morgan fingerprint density at radius 3 is 1.35 bits per heavy atom. The lowest BCUT2D eigenvalue weighted by molar-refractivity contribution is 0.0682. The van der Waals surface area contributed by atoms with Crippen LogP contribution in [0.5, 0.6) is 0 Å². The highest BCUT2D eigenvalue weighted by Gasteiger charge is 2.31. The van der Waals surface area contributed by atoms with Crippen molar-refractivity contribution >= 4 is 46.7 Å². The van der Waals surface area contributed by atoms with Gasteiger partial charge in [0.2, 0.25) is 0 Å². The molecule has 4 N–H and O–H groups in total. The Morgan fingerprint density at radius 2 is 0.958 bits per heavy atom. The molecule has 0 saturated heterocycles. The van der Waals surface area contributed by atoms with Crippen molar-refractivity contribution in [3.63, 3.8) is 0 Å². The van der Waals surface area contributed by atoms with Crippen LogP contribution >= 0.6 is 0 Å². The Hall–Kier alpha value is -3.74. The highest BCUT2D eigenvalue weighted by atomic mass is 28.4. The van der Waals surface area contributed by atoms with Crippen LogP contribution < -0.4 is 10.6 Å². The second-order valence-corrected chi connectivity index (χ2v) is 17.9. The normalized spacial score (nSPS) is 11.6. The van der Waals surface area contributed by atoms with Gasteiger partial charge in [0.25, 0.3) is 11.8 Å². The van der Waals surface area contributed by atoms with Crippen molar-refractivity contribution in [2.75, 3.05) is 39.5 Å². The van der Waals surface area contributed by atoms with Crippen LogP contribution in [-0.2, 0) is 17.7 Å². The third-order valence-corrected chi connectivity index (χ3v) is 13.6. The molecular weight excluding hydrogens is 657 g/mol. The topological polar surface area (TPSA) is 187 Å². The van der Waals surface area contributed by atoms with Crippen LogP contribution in [0.1, 0.15) is 97.9 Å². The van der Waals surface area contributed by atoms with Crippen molar-refractivity contribution in [1.82, 2.24) is 10.6 Å². The van der Waals surface area contributed by atoms with Gasteiger partial charge in [-0.15, -0.1) is 0 Å². The zero-order valence-electron chi connectivity index (χ0n) is 28.6. The molecule has 2 amide bonds. The van der Waals surface area contributed by atoms with E-state index in [1.54, 1.807) is 0 Å². The molecule has 0 fully saturated rings. The zero-order valence-corrected chi connectivity index (χ0v) is 30.6. The number of aromatic carboxylic acids is 2. The first-order valence-electron chi connectivity index (χ1n) is 16.2. The minimum Gasteiger partial charge on any atom is -0.478 e. The second kappa shape index (κ2) is 19.3. The predicted molar refractivity (Wildman–Crippen MR) is 183 cm³/mol. The lowest BCUT2D eigenvalue weighted by Gasteiger charge is -2.25. The molecule has 0 atom stereocenters. The molecular formula is C33H48N2O11Si2. The minimum atomic E-state index is -2.40. The van der Waals surface area contributed by atoms with Crippen LogP contribution in [0.25, 0.3) is 0 Å². The maximum atomic E-state index is 13.4. The molecule has 2 aromatic rings. The summed E-state index contributed by atoms with van der Waals surface area (Å²) >= 11 is 0. The molecule has 0 heterocycles. The molecule has 0 saturated carbocycles. The summed E-state index contributed by atoms with van der Waals surface area (Å²) in [5, 5.41) is 25.0. The molecule has 15 heteroatoms. The average Bonchev–Trinajstić information content (AvgIpc) is 3.04.